The summed E-state index contributed by atoms with van der Waals surface area (Å²) in [5.74, 6) is 0.0657. The van der Waals surface area contributed by atoms with Gasteiger partial charge in [0.25, 0.3) is 10.0 Å². The van der Waals surface area contributed by atoms with Crippen LogP contribution >= 0.6 is 0 Å². The Morgan fingerprint density at radius 2 is 2.42 bits per heavy atom. The summed E-state index contributed by atoms with van der Waals surface area (Å²) in [5.41, 5.74) is -0.443. The molecule has 19 heavy (non-hydrogen) atoms. The van der Waals surface area contributed by atoms with Gasteiger partial charge in [0.2, 0.25) is 0 Å². The fourth-order valence-electron chi connectivity index (χ4n) is 2.84. The zero-order valence-electron chi connectivity index (χ0n) is 10.7. The first-order valence-corrected chi connectivity index (χ1v) is 7.59. The Labute approximate surface area is 111 Å². The number of aromatic nitrogens is 2. The summed E-state index contributed by atoms with van der Waals surface area (Å²) in [7, 11) is -1.84. The Hall–Kier alpha value is -0.960. The van der Waals surface area contributed by atoms with Crippen LogP contribution in [0.3, 0.4) is 0 Å². The first-order valence-electron chi connectivity index (χ1n) is 6.15. The van der Waals surface area contributed by atoms with Crippen LogP contribution in [0.4, 0.5) is 0 Å². The number of nitrogens with zero attached hydrogens (tertiary/aromatic N) is 3. The number of hydrogen-bond donors (Lipinski definition) is 1. The summed E-state index contributed by atoms with van der Waals surface area (Å²) in [6.45, 7) is 1.57. The molecule has 1 aromatic heterocycles. The van der Waals surface area contributed by atoms with Gasteiger partial charge in [-0.2, -0.15) is 4.31 Å². The molecule has 2 saturated heterocycles. The molecule has 0 aliphatic carbocycles. The van der Waals surface area contributed by atoms with E-state index in [1.165, 1.54) is 16.8 Å². The van der Waals surface area contributed by atoms with Gasteiger partial charge >= 0.3 is 0 Å². The van der Waals surface area contributed by atoms with Crippen molar-refractivity contribution >= 4 is 10.0 Å². The highest BCUT2D eigenvalue weighted by Gasteiger charge is 2.53. The lowest BCUT2D eigenvalue weighted by molar-refractivity contribution is 0.0904. The normalized spacial score (nSPS) is 31.8. The van der Waals surface area contributed by atoms with Crippen LogP contribution < -0.4 is 0 Å². The van der Waals surface area contributed by atoms with Crippen molar-refractivity contribution in [3.8, 4) is 0 Å². The Balaban J connectivity index is 1.89. The third kappa shape index (κ3) is 1.90. The molecular weight excluding hydrogens is 270 g/mol. The molecule has 1 N–H and O–H groups in total. The number of sulfonamides is 1. The third-order valence-electron chi connectivity index (χ3n) is 4.09. The Morgan fingerprint density at radius 1 is 1.63 bits per heavy atom. The molecule has 2 aliphatic rings. The molecule has 7 nitrogen and oxygen atoms in total. The number of aryl methyl sites for hydroxylation is 1. The Bertz CT molecular complexity index is 585. The predicted molar refractivity (Wildman–Crippen MR) is 65.8 cm³/mol. The van der Waals surface area contributed by atoms with Crippen LogP contribution in [0, 0.1) is 11.3 Å². The molecule has 0 radical (unpaired) electrons. The fraction of sp³-hybridized carbons (Fsp3) is 0.727. The van der Waals surface area contributed by atoms with E-state index in [-0.39, 0.29) is 17.6 Å². The Kier molecular flexibility index (Phi) is 2.93. The number of fused-ring (bicyclic) bond motifs is 1. The zero-order chi connectivity index (χ0) is 13.7. The second-order valence-corrected chi connectivity index (χ2v) is 7.29. The van der Waals surface area contributed by atoms with Gasteiger partial charge in [0, 0.05) is 37.7 Å². The van der Waals surface area contributed by atoms with Crippen molar-refractivity contribution < 1.29 is 18.3 Å². The van der Waals surface area contributed by atoms with E-state index in [2.05, 4.69) is 4.98 Å². The first-order chi connectivity index (χ1) is 8.98. The maximum absolute atomic E-state index is 12.5. The number of aliphatic hydroxyl groups excluding tert-OH is 1. The molecular formula is C11H17N3O4S. The zero-order valence-corrected chi connectivity index (χ0v) is 11.5. The second-order valence-electron chi connectivity index (χ2n) is 5.41. The number of aliphatic hydroxyl groups is 1. The van der Waals surface area contributed by atoms with Gasteiger partial charge in [-0.05, 0) is 0 Å². The summed E-state index contributed by atoms with van der Waals surface area (Å²) < 4.78 is 33.3. The quantitative estimate of drug-likeness (QED) is 0.775. The largest absolute Gasteiger partial charge is 0.396 e. The van der Waals surface area contributed by atoms with Gasteiger partial charge in [-0.3, -0.25) is 0 Å². The van der Waals surface area contributed by atoms with E-state index in [4.69, 9.17) is 4.74 Å². The van der Waals surface area contributed by atoms with Crippen LogP contribution in [0.5, 0.6) is 0 Å². The highest BCUT2D eigenvalue weighted by atomic mass is 32.2. The van der Waals surface area contributed by atoms with Crippen molar-refractivity contribution in [2.75, 3.05) is 32.9 Å². The second kappa shape index (κ2) is 4.27. The molecule has 3 rings (SSSR count). The molecule has 2 atom stereocenters. The van der Waals surface area contributed by atoms with Crippen LogP contribution in [0.1, 0.15) is 0 Å². The summed E-state index contributed by atoms with van der Waals surface area (Å²) in [6.07, 6.45) is 2.96. The van der Waals surface area contributed by atoms with E-state index >= 15 is 0 Å². The van der Waals surface area contributed by atoms with Gasteiger partial charge < -0.3 is 14.4 Å². The lowest BCUT2D eigenvalue weighted by atomic mass is 9.82. The van der Waals surface area contributed by atoms with E-state index in [0.29, 0.717) is 26.3 Å². The van der Waals surface area contributed by atoms with Crippen molar-refractivity contribution in [1.82, 2.24) is 13.9 Å². The van der Waals surface area contributed by atoms with E-state index in [9.17, 15) is 13.5 Å². The number of imidazole rings is 1. The van der Waals surface area contributed by atoms with Crippen LogP contribution in [0.2, 0.25) is 0 Å². The summed E-state index contributed by atoms with van der Waals surface area (Å²) >= 11 is 0. The smallest absolute Gasteiger partial charge is 0.262 e. The molecule has 2 aliphatic heterocycles. The lowest BCUT2D eigenvalue weighted by Crippen LogP contribution is -2.36. The van der Waals surface area contributed by atoms with E-state index in [1.54, 1.807) is 11.6 Å². The predicted octanol–water partition coefficient (Wildman–Crippen LogP) is -0.950. The van der Waals surface area contributed by atoms with Crippen LogP contribution in [-0.4, -0.2) is 60.3 Å². The van der Waals surface area contributed by atoms with Gasteiger partial charge in [0.1, 0.15) is 0 Å². The van der Waals surface area contributed by atoms with Crippen LogP contribution in [0.25, 0.3) is 0 Å². The van der Waals surface area contributed by atoms with Crippen molar-refractivity contribution in [3.63, 3.8) is 0 Å². The van der Waals surface area contributed by atoms with E-state index < -0.39 is 15.4 Å². The van der Waals surface area contributed by atoms with Gasteiger partial charge in [-0.25, -0.2) is 13.4 Å². The topological polar surface area (TPSA) is 84.7 Å². The van der Waals surface area contributed by atoms with Gasteiger partial charge in [-0.15, -0.1) is 0 Å². The van der Waals surface area contributed by atoms with Crippen LogP contribution in [0.15, 0.2) is 17.6 Å². The number of rotatable bonds is 3. The van der Waals surface area contributed by atoms with E-state index in [0.717, 1.165) is 0 Å². The molecule has 106 valence electrons. The Morgan fingerprint density at radius 3 is 3.00 bits per heavy atom. The molecule has 8 heteroatoms. The SMILES string of the molecule is Cn1cnc(S(=O)(=O)N2C[C@H]3COC[C@@]3(CO)C2)c1. The molecule has 0 aromatic carbocycles. The average molecular weight is 287 g/mol. The maximum Gasteiger partial charge on any atom is 0.262 e. The van der Waals surface area contributed by atoms with Crippen molar-refractivity contribution in [3.05, 3.63) is 12.5 Å². The van der Waals surface area contributed by atoms with Crippen molar-refractivity contribution in [1.29, 1.82) is 0 Å². The number of hydrogen-bond acceptors (Lipinski definition) is 5. The minimum atomic E-state index is -3.57. The van der Waals surface area contributed by atoms with Crippen molar-refractivity contribution in [2.45, 2.75) is 5.03 Å². The van der Waals surface area contributed by atoms with Crippen LogP contribution in [-0.2, 0) is 21.8 Å². The minimum Gasteiger partial charge on any atom is -0.396 e. The maximum atomic E-state index is 12.5. The van der Waals surface area contributed by atoms with Gasteiger partial charge in [0.15, 0.2) is 5.03 Å². The molecule has 0 bridgehead atoms. The summed E-state index contributed by atoms with van der Waals surface area (Å²) in [6, 6.07) is 0. The van der Waals surface area contributed by atoms with Gasteiger partial charge in [0.05, 0.1) is 26.1 Å². The standard InChI is InChI=1S/C11H17N3O4S/c1-13-3-10(12-8-13)19(16,17)14-2-9-4-18-7-11(9,5-14)6-15/h3,8-9,15H,2,4-7H2,1H3/t9-,11-/m0/s1. The number of ether oxygens (including phenoxy) is 1. The fourth-order valence-corrected chi connectivity index (χ4v) is 4.39. The minimum absolute atomic E-state index is 0.0497. The summed E-state index contributed by atoms with van der Waals surface area (Å²) in [4.78, 5) is 3.91. The molecule has 3 heterocycles. The molecule has 0 saturated carbocycles. The summed E-state index contributed by atoms with van der Waals surface area (Å²) in [5, 5.41) is 9.62. The van der Waals surface area contributed by atoms with Crippen molar-refractivity contribution in [2.24, 2.45) is 18.4 Å². The highest BCUT2D eigenvalue weighted by molar-refractivity contribution is 7.89. The molecule has 1 aromatic rings. The first kappa shape index (κ1) is 13.0. The van der Waals surface area contributed by atoms with E-state index in [1.807, 2.05) is 0 Å². The monoisotopic (exact) mass is 287 g/mol. The lowest BCUT2D eigenvalue weighted by Gasteiger charge is -2.23. The highest BCUT2D eigenvalue weighted by Crippen LogP contribution is 2.42. The molecule has 0 amide bonds. The molecule has 0 spiro atoms. The molecule has 2 fully saturated rings. The van der Waals surface area contributed by atoms with Gasteiger partial charge in [-0.1, -0.05) is 0 Å². The molecule has 0 unspecified atom stereocenters. The third-order valence-corrected chi connectivity index (χ3v) is 5.79. The average Bonchev–Trinajstić information content (AvgIpc) is 3.01.